The summed E-state index contributed by atoms with van der Waals surface area (Å²) in [5.74, 6) is -0.230. The first-order valence-electron chi connectivity index (χ1n) is 10.9. The summed E-state index contributed by atoms with van der Waals surface area (Å²) in [4.78, 5) is 16.7. The Labute approximate surface area is 213 Å². The molecule has 35 heavy (non-hydrogen) atoms. The molecule has 4 rings (SSSR count). The van der Waals surface area contributed by atoms with Gasteiger partial charge >= 0.3 is 0 Å². The highest BCUT2D eigenvalue weighted by Gasteiger charge is 2.18. The van der Waals surface area contributed by atoms with E-state index in [0.29, 0.717) is 16.9 Å². The monoisotopic (exact) mass is 549 g/mol. The average Bonchev–Trinajstić information content (AvgIpc) is 2.85. The van der Waals surface area contributed by atoms with E-state index in [0.717, 1.165) is 22.0 Å². The molecular weight excluding hydrogens is 526 g/mol. The van der Waals surface area contributed by atoms with Gasteiger partial charge < -0.3 is 5.32 Å². The van der Waals surface area contributed by atoms with Crippen molar-refractivity contribution >= 4 is 43.2 Å². The van der Waals surface area contributed by atoms with E-state index in [-0.39, 0.29) is 12.5 Å². The van der Waals surface area contributed by atoms with Gasteiger partial charge in [0.25, 0.3) is 5.91 Å². The molecular formula is C27H24BrN3O3S. The van der Waals surface area contributed by atoms with Gasteiger partial charge in [0.2, 0.25) is 10.0 Å². The van der Waals surface area contributed by atoms with E-state index in [9.17, 15) is 13.2 Å². The fourth-order valence-electron chi connectivity index (χ4n) is 3.58. The van der Waals surface area contributed by atoms with Crippen LogP contribution in [-0.2, 0) is 23.0 Å². The minimum Gasteiger partial charge on any atom is -0.322 e. The number of pyridine rings is 1. The Balaban J connectivity index is 1.40. The van der Waals surface area contributed by atoms with Crippen LogP contribution in [0.3, 0.4) is 0 Å². The summed E-state index contributed by atoms with van der Waals surface area (Å²) in [5, 5.41) is 2.91. The van der Waals surface area contributed by atoms with Crippen LogP contribution in [0, 0.1) is 0 Å². The maximum atomic E-state index is 12.7. The molecule has 0 spiro atoms. The van der Waals surface area contributed by atoms with Gasteiger partial charge in [-0.05, 0) is 83.8 Å². The molecule has 0 fully saturated rings. The number of halogens is 1. The number of nitrogens with one attached hydrogen (secondary N) is 1. The van der Waals surface area contributed by atoms with Crippen molar-refractivity contribution in [3.8, 4) is 0 Å². The summed E-state index contributed by atoms with van der Waals surface area (Å²) in [7, 11) is -3.48. The van der Waals surface area contributed by atoms with Gasteiger partial charge in [-0.3, -0.25) is 14.1 Å². The zero-order valence-corrected chi connectivity index (χ0v) is 21.5. The fraction of sp³-hybridized carbons (Fsp3) is 0.111. The summed E-state index contributed by atoms with van der Waals surface area (Å²) in [6.07, 6.45) is 5.52. The number of nitrogens with zero attached hydrogens (tertiary/aromatic N) is 2. The Morgan fingerprint density at radius 2 is 1.40 bits per heavy atom. The van der Waals surface area contributed by atoms with E-state index in [4.69, 9.17) is 0 Å². The second-order valence-corrected chi connectivity index (χ2v) is 10.9. The van der Waals surface area contributed by atoms with Crippen LogP contribution in [0.25, 0.3) is 0 Å². The average molecular weight is 550 g/mol. The summed E-state index contributed by atoms with van der Waals surface area (Å²) >= 11 is 3.37. The number of hydrogen-bond donors (Lipinski definition) is 1. The molecule has 0 saturated heterocycles. The van der Waals surface area contributed by atoms with Crippen molar-refractivity contribution < 1.29 is 13.2 Å². The van der Waals surface area contributed by atoms with Gasteiger partial charge in [0.1, 0.15) is 0 Å². The van der Waals surface area contributed by atoms with Crippen molar-refractivity contribution in [3.63, 3.8) is 0 Å². The highest BCUT2D eigenvalue weighted by molar-refractivity contribution is 9.10. The Morgan fingerprint density at radius 1 is 0.829 bits per heavy atom. The molecule has 0 aliphatic carbocycles. The number of carbonyl (C=O) groups excluding carboxylic acids is 1. The molecule has 0 atom stereocenters. The highest BCUT2D eigenvalue weighted by atomic mass is 79.9. The van der Waals surface area contributed by atoms with Gasteiger partial charge in [-0.1, -0.05) is 40.2 Å². The van der Waals surface area contributed by atoms with Crippen LogP contribution in [0.4, 0.5) is 11.4 Å². The molecule has 4 aromatic rings. The Kier molecular flexibility index (Phi) is 7.63. The first kappa shape index (κ1) is 24.6. The molecule has 0 aliphatic rings. The molecule has 0 bridgehead atoms. The quantitative estimate of drug-likeness (QED) is 0.308. The van der Waals surface area contributed by atoms with Gasteiger partial charge in [-0.25, -0.2) is 8.42 Å². The van der Waals surface area contributed by atoms with Gasteiger partial charge in [-0.15, -0.1) is 0 Å². The van der Waals surface area contributed by atoms with Crippen molar-refractivity contribution in [2.75, 3.05) is 15.9 Å². The van der Waals surface area contributed by atoms with Crippen LogP contribution >= 0.6 is 15.9 Å². The maximum Gasteiger partial charge on any atom is 0.255 e. The molecule has 0 radical (unpaired) electrons. The van der Waals surface area contributed by atoms with Crippen molar-refractivity contribution in [3.05, 3.63) is 124 Å². The van der Waals surface area contributed by atoms with Crippen LogP contribution in [0.15, 0.2) is 102 Å². The smallest absolute Gasteiger partial charge is 0.255 e. The number of sulfonamides is 1. The van der Waals surface area contributed by atoms with E-state index in [1.807, 2.05) is 36.4 Å². The Morgan fingerprint density at radius 3 is 2.00 bits per heavy atom. The van der Waals surface area contributed by atoms with Crippen LogP contribution in [0.5, 0.6) is 0 Å². The van der Waals surface area contributed by atoms with Crippen LogP contribution in [-0.4, -0.2) is 25.6 Å². The normalized spacial score (nSPS) is 11.1. The number of amides is 1. The second-order valence-electron chi connectivity index (χ2n) is 8.13. The summed E-state index contributed by atoms with van der Waals surface area (Å²) in [5.41, 5.74) is 4.85. The first-order valence-corrected chi connectivity index (χ1v) is 13.5. The van der Waals surface area contributed by atoms with Crippen LogP contribution in [0.2, 0.25) is 0 Å². The van der Waals surface area contributed by atoms with Crippen LogP contribution < -0.4 is 9.62 Å². The fourth-order valence-corrected chi connectivity index (χ4v) is 4.73. The molecule has 1 aromatic heterocycles. The van der Waals surface area contributed by atoms with E-state index < -0.39 is 10.0 Å². The van der Waals surface area contributed by atoms with Crippen molar-refractivity contribution in [1.82, 2.24) is 4.98 Å². The third-order valence-corrected chi connectivity index (χ3v) is 7.10. The lowest BCUT2D eigenvalue weighted by atomic mass is 10.1. The second kappa shape index (κ2) is 10.8. The first-order chi connectivity index (χ1) is 16.8. The molecule has 3 aromatic carbocycles. The topological polar surface area (TPSA) is 79.4 Å². The van der Waals surface area contributed by atoms with E-state index in [1.165, 1.54) is 16.1 Å². The van der Waals surface area contributed by atoms with Crippen molar-refractivity contribution in [2.24, 2.45) is 0 Å². The Hall–Kier alpha value is -3.49. The molecule has 0 aliphatic heterocycles. The SMILES string of the molecule is CS(=O)(=O)N(Cc1ccc(C(=O)Nc2ccc(Cc3ccncc3)cc2)cc1)c1ccc(Br)cc1. The predicted molar refractivity (Wildman–Crippen MR) is 143 cm³/mol. The molecule has 0 saturated carbocycles. The maximum absolute atomic E-state index is 12.7. The van der Waals surface area contributed by atoms with Crippen LogP contribution in [0.1, 0.15) is 27.0 Å². The van der Waals surface area contributed by atoms with Gasteiger partial charge in [-0.2, -0.15) is 0 Å². The highest BCUT2D eigenvalue weighted by Crippen LogP contribution is 2.23. The summed E-state index contributed by atoms with van der Waals surface area (Å²) in [6.45, 7) is 0.168. The number of benzene rings is 3. The number of hydrogen-bond acceptors (Lipinski definition) is 4. The summed E-state index contributed by atoms with van der Waals surface area (Å²) < 4.78 is 27.0. The molecule has 8 heteroatoms. The number of rotatable bonds is 8. The molecule has 1 N–H and O–H groups in total. The largest absolute Gasteiger partial charge is 0.322 e. The number of carbonyl (C=O) groups is 1. The molecule has 1 amide bonds. The van der Waals surface area contributed by atoms with Gasteiger partial charge in [0, 0.05) is 28.1 Å². The van der Waals surface area contributed by atoms with E-state index >= 15 is 0 Å². The third kappa shape index (κ3) is 6.77. The molecule has 1 heterocycles. The van der Waals surface area contributed by atoms with E-state index in [1.54, 1.807) is 60.9 Å². The molecule has 6 nitrogen and oxygen atoms in total. The lowest BCUT2D eigenvalue weighted by molar-refractivity contribution is 0.102. The minimum atomic E-state index is -3.48. The standard InChI is InChI=1S/C27H24BrN3O3S/c1-35(33,34)31(26-12-8-24(28)9-13-26)19-22-2-6-23(7-3-22)27(32)30-25-10-4-20(5-11-25)18-21-14-16-29-17-15-21/h2-17H,18-19H2,1H3,(H,30,32). The van der Waals surface area contributed by atoms with Gasteiger partial charge in [0.15, 0.2) is 0 Å². The van der Waals surface area contributed by atoms with Crippen molar-refractivity contribution in [2.45, 2.75) is 13.0 Å². The zero-order chi connectivity index (χ0) is 24.8. The molecule has 178 valence electrons. The van der Waals surface area contributed by atoms with Gasteiger partial charge in [0.05, 0.1) is 18.5 Å². The number of anilines is 2. The van der Waals surface area contributed by atoms with Crippen molar-refractivity contribution in [1.29, 1.82) is 0 Å². The third-order valence-electron chi connectivity index (χ3n) is 5.43. The zero-order valence-electron chi connectivity index (χ0n) is 19.1. The lowest BCUT2D eigenvalue weighted by Crippen LogP contribution is -2.29. The predicted octanol–water partition coefficient (Wildman–Crippen LogP) is 5.65. The molecule has 0 unspecified atom stereocenters. The van der Waals surface area contributed by atoms with E-state index in [2.05, 4.69) is 26.2 Å². The number of aromatic nitrogens is 1. The summed E-state index contributed by atoms with van der Waals surface area (Å²) in [6, 6.07) is 25.7. The minimum absolute atomic E-state index is 0.168. The Bertz CT molecular complexity index is 1390. The lowest BCUT2D eigenvalue weighted by Gasteiger charge is -2.22.